The molecule has 0 aliphatic heterocycles. The quantitative estimate of drug-likeness (QED) is 0.0261. The van der Waals surface area contributed by atoms with Crippen LogP contribution in [0.4, 0.5) is 0 Å². The Morgan fingerprint density at radius 1 is 0.259 bits per heavy atom. The fraction of sp³-hybridized carbons (Fsp3) is 0.667. The van der Waals surface area contributed by atoms with Crippen molar-refractivity contribution >= 4 is 17.9 Å². The van der Waals surface area contributed by atoms with Crippen LogP contribution in [0.25, 0.3) is 0 Å². The van der Waals surface area contributed by atoms with Crippen LogP contribution in [0.1, 0.15) is 303 Å². The van der Waals surface area contributed by atoms with E-state index in [2.05, 4.69) is 148 Å². The number of unbranched alkanes of at least 4 members (excludes halogenated alkanes) is 27. The van der Waals surface area contributed by atoms with E-state index in [0.29, 0.717) is 19.3 Å². The summed E-state index contributed by atoms with van der Waals surface area (Å²) in [6.45, 7) is 6.37. The summed E-state index contributed by atoms with van der Waals surface area (Å²) >= 11 is 0. The molecule has 0 aliphatic carbocycles. The highest BCUT2D eigenvalue weighted by atomic mass is 16.6. The van der Waals surface area contributed by atoms with Crippen molar-refractivity contribution in [1.82, 2.24) is 0 Å². The molecule has 0 aromatic rings. The van der Waals surface area contributed by atoms with E-state index in [0.717, 1.165) is 103 Å². The predicted molar refractivity (Wildman–Crippen MR) is 353 cm³/mol. The van der Waals surface area contributed by atoms with Crippen molar-refractivity contribution in [3.63, 3.8) is 0 Å². The van der Waals surface area contributed by atoms with Crippen LogP contribution in [-0.2, 0) is 28.6 Å². The Bertz CT molecular complexity index is 1720. The first-order chi connectivity index (χ1) is 40.0. The maximum absolute atomic E-state index is 12.9. The highest BCUT2D eigenvalue weighted by Gasteiger charge is 2.19. The molecule has 0 heterocycles. The summed E-state index contributed by atoms with van der Waals surface area (Å²) in [4.78, 5) is 38.4. The molecule has 81 heavy (non-hydrogen) atoms. The number of ether oxygens (including phenoxy) is 3. The Kier molecular flexibility index (Phi) is 64.3. The summed E-state index contributed by atoms with van der Waals surface area (Å²) in [5, 5.41) is 0. The van der Waals surface area contributed by atoms with Crippen molar-refractivity contribution < 1.29 is 28.6 Å². The highest BCUT2D eigenvalue weighted by molar-refractivity contribution is 5.71. The van der Waals surface area contributed by atoms with Crippen LogP contribution in [0, 0.1) is 0 Å². The van der Waals surface area contributed by atoms with Crippen LogP contribution in [0.5, 0.6) is 0 Å². The second kappa shape index (κ2) is 68.1. The summed E-state index contributed by atoms with van der Waals surface area (Å²) in [5.41, 5.74) is 0. The number of hydrogen-bond acceptors (Lipinski definition) is 6. The molecule has 0 rings (SSSR count). The molecule has 0 bridgehead atoms. The third-order valence-electron chi connectivity index (χ3n) is 14.1. The van der Waals surface area contributed by atoms with Crippen LogP contribution in [0.3, 0.4) is 0 Å². The van der Waals surface area contributed by atoms with Gasteiger partial charge in [0.05, 0.1) is 0 Å². The van der Waals surface area contributed by atoms with Gasteiger partial charge < -0.3 is 14.2 Å². The minimum Gasteiger partial charge on any atom is -0.462 e. The average molecular weight is 1120 g/mol. The lowest BCUT2D eigenvalue weighted by Gasteiger charge is -2.18. The van der Waals surface area contributed by atoms with E-state index < -0.39 is 12.1 Å². The summed E-state index contributed by atoms with van der Waals surface area (Å²) < 4.78 is 16.9. The predicted octanol–water partition coefficient (Wildman–Crippen LogP) is 23.3. The van der Waals surface area contributed by atoms with Crippen LogP contribution in [0.2, 0.25) is 0 Å². The Morgan fingerprint density at radius 3 is 0.815 bits per heavy atom. The Labute approximate surface area is 500 Å². The van der Waals surface area contributed by atoms with Gasteiger partial charge in [0.1, 0.15) is 13.2 Å². The van der Waals surface area contributed by atoms with E-state index in [1.807, 2.05) is 6.08 Å². The van der Waals surface area contributed by atoms with Crippen LogP contribution in [-0.4, -0.2) is 37.2 Å². The monoisotopic (exact) mass is 1120 g/mol. The molecule has 1 atom stereocenters. The zero-order valence-electron chi connectivity index (χ0n) is 52.8. The number of allylic oxidation sites excluding steroid dienone is 22. The van der Waals surface area contributed by atoms with Crippen molar-refractivity contribution in [1.29, 1.82) is 0 Å². The molecule has 0 saturated carbocycles. The molecule has 460 valence electrons. The molecule has 0 saturated heterocycles. The average Bonchev–Trinajstić information content (AvgIpc) is 3.47. The Hall–Kier alpha value is -4.45. The molecule has 0 amide bonds. The Balaban J connectivity index is 4.42. The lowest BCUT2D eigenvalue weighted by atomic mass is 10.0. The first-order valence-corrected chi connectivity index (χ1v) is 33.7. The van der Waals surface area contributed by atoms with Gasteiger partial charge in [0.15, 0.2) is 6.10 Å². The summed E-state index contributed by atoms with van der Waals surface area (Å²) in [6.07, 6.45) is 96.2. The Morgan fingerprint density at radius 2 is 0.506 bits per heavy atom. The normalized spacial score (nSPS) is 13.0. The third kappa shape index (κ3) is 66.2. The van der Waals surface area contributed by atoms with E-state index in [9.17, 15) is 14.4 Å². The summed E-state index contributed by atoms with van der Waals surface area (Å²) in [5.74, 6) is -0.995. The fourth-order valence-electron chi connectivity index (χ4n) is 9.16. The largest absolute Gasteiger partial charge is 0.462 e. The van der Waals surface area contributed by atoms with E-state index in [4.69, 9.17) is 14.2 Å². The van der Waals surface area contributed by atoms with Crippen LogP contribution in [0.15, 0.2) is 134 Å². The lowest BCUT2D eigenvalue weighted by Crippen LogP contribution is -2.30. The van der Waals surface area contributed by atoms with Gasteiger partial charge in [0.2, 0.25) is 0 Å². The van der Waals surface area contributed by atoms with Gasteiger partial charge in [0.25, 0.3) is 0 Å². The summed E-state index contributed by atoms with van der Waals surface area (Å²) in [6, 6.07) is 0. The number of rotatable bonds is 60. The van der Waals surface area contributed by atoms with E-state index in [1.54, 1.807) is 0 Å². The van der Waals surface area contributed by atoms with Crippen molar-refractivity contribution in [2.45, 2.75) is 309 Å². The standard InChI is InChI=1S/C75H124O6/c1-4-7-10-13-16-19-22-25-28-31-33-34-35-36-37-38-39-40-42-44-47-50-53-56-59-62-65-68-74(77)80-71-72(70-79-73(76)67-64-61-58-55-52-49-46-43-30-27-24-21-18-15-12-9-6-3)81-75(78)69-66-63-60-57-54-51-48-45-41-32-29-26-23-20-17-14-11-8-5-2/h7-8,10-11,16-17,19-20,25-30,33-34,41,45,51,54,60,63,72H,4-6,9,12-15,18,21-24,31-32,35-40,42-44,46-50,52-53,55-59,61-62,64-71H2,1-3H3/b10-7-,11-8-,19-16-,20-17-,28-25-,29-26-,30-27-,34-33-,45-41-,54-51-,63-60-. The van der Waals surface area contributed by atoms with Gasteiger partial charge in [0, 0.05) is 19.3 Å². The van der Waals surface area contributed by atoms with Crippen LogP contribution >= 0.6 is 0 Å². The van der Waals surface area contributed by atoms with Gasteiger partial charge in [-0.15, -0.1) is 0 Å². The molecule has 0 fully saturated rings. The second-order valence-electron chi connectivity index (χ2n) is 22.0. The minimum absolute atomic E-state index is 0.112. The number of hydrogen-bond donors (Lipinski definition) is 0. The van der Waals surface area contributed by atoms with Crippen molar-refractivity contribution in [2.75, 3.05) is 13.2 Å². The molecule has 0 N–H and O–H groups in total. The molecule has 6 nitrogen and oxygen atoms in total. The highest BCUT2D eigenvalue weighted by Crippen LogP contribution is 2.16. The fourth-order valence-corrected chi connectivity index (χ4v) is 9.16. The van der Waals surface area contributed by atoms with Gasteiger partial charge in [-0.25, -0.2) is 0 Å². The second-order valence-corrected chi connectivity index (χ2v) is 22.0. The van der Waals surface area contributed by atoms with Crippen LogP contribution < -0.4 is 0 Å². The smallest absolute Gasteiger partial charge is 0.306 e. The first-order valence-electron chi connectivity index (χ1n) is 33.7. The molecular weight excluding hydrogens is 997 g/mol. The summed E-state index contributed by atoms with van der Waals surface area (Å²) in [7, 11) is 0. The molecular formula is C75H124O6. The van der Waals surface area contributed by atoms with Gasteiger partial charge in [-0.3, -0.25) is 14.4 Å². The zero-order valence-corrected chi connectivity index (χ0v) is 52.8. The topological polar surface area (TPSA) is 78.9 Å². The molecule has 0 radical (unpaired) electrons. The molecule has 0 aromatic heterocycles. The molecule has 1 unspecified atom stereocenters. The number of carbonyl (C=O) groups is 3. The van der Waals surface area contributed by atoms with E-state index >= 15 is 0 Å². The maximum Gasteiger partial charge on any atom is 0.306 e. The lowest BCUT2D eigenvalue weighted by molar-refractivity contribution is -0.166. The van der Waals surface area contributed by atoms with E-state index in [1.165, 1.54) is 154 Å². The van der Waals surface area contributed by atoms with Gasteiger partial charge in [-0.05, 0) is 122 Å². The van der Waals surface area contributed by atoms with Crippen molar-refractivity contribution in [3.8, 4) is 0 Å². The molecule has 0 aromatic carbocycles. The van der Waals surface area contributed by atoms with Crippen molar-refractivity contribution in [2.24, 2.45) is 0 Å². The molecule has 0 aliphatic rings. The first kappa shape index (κ1) is 76.5. The molecule has 6 heteroatoms. The zero-order chi connectivity index (χ0) is 58.5. The van der Waals surface area contributed by atoms with Gasteiger partial charge in [-0.2, -0.15) is 0 Å². The number of esters is 3. The number of carbonyl (C=O) groups excluding carboxylic acids is 3. The van der Waals surface area contributed by atoms with Gasteiger partial charge in [-0.1, -0.05) is 296 Å². The molecule has 0 spiro atoms. The van der Waals surface area contributed by atoms with Gasteiger partial charge >= 0.3 is 17.9 Å². The SMILES string of the molecule is CC/C=C\C/C=C\C/C=C\C/C=C\C/C=C\C/C=C\CCC(=O)OC(COC(=O)CCCCCCCCC/C=C\CCCCCCCC)COC(=O)CCCCCCCCCCCCCCCC/C=C\C/C=C\C/C=C\C/C=C\CC. The minimum atomic E-state index is -0.826. The van der Waals surface area contributed by atoms with E-state index in [-0.39, 0.29) is 31.6 Å². The van der Waals surface area contributed by atoms with Crippen molar-refractivity contribution in [3.05, 3.63) is 134 Å². The maximum atomic E-state index is 12.9. The third-order valence-corrected chi connectivity index (χ3v) is 14.1.